The van der Waals surface area contributed by atoms with Gasteiger partial charge in [0.25, 0.3) is 0 Å². The summed E-state index contributed by atoms with van der Waals surface area (Å²) in [5.41, 5.74) is 11.0. The normalized spacial score (nSPS) is 15.7. The zero-order valence-electron chi connectivity index (χ0n) is 36.9. The van der Waals surface area contributed by atoms with Crippen LogP contribution in [-0.2, 0) is 0 Å². The fourth-order valence-electron chi connectivity index (χ4n) is 11.4. The molecule has 5 nitrogen and oxygen atoms in total. The highest BCUT2D eigenvalue weighted by molar-refractivity contribution is 7.25. The maximum Gasteiger partial charge on any atom is 0.155 e. The van der Waals surface area contributed by atoms with E-state index >= 15 is 0 Å². The number of para-hydroxylation sites is 2. The predicted octanol–water partition coefficient (Wildman–Crippen LogP) is 17.3. The second kappa shape index (κ2) is 14.3. The van der Waals surface area contributed by atoms with Crippen molar-refractivity contribution in [2.75, 3.05) is 0 Å². The zero-order valence-corrected chi connectivity index (χ0v) is 37.7. The SMILES string of the molecule is CCC1C(c2ccc3sc4ccccc4c3c2)=NC(c2ccc3oc4ccccc4c3c2)=NC1c1cc2c(cc1-n1c3cc4ccccc4cc3c3ccc4ccccc4c31)oc1ccccc12. The van der Waals surface area contributed by atoms with Gasteiger partial charge in [0.15, 0.2) is 5.84 Å². The number of rotatable bonds is 5. The van der Waals surface area contributed by atoms with Crippen LogP contribution in [0.25, 0.3) is 113 Å². The molecule has 10 aromatic carbocycles. The van der Waals surface area contributed by atoms with Crippen LogP contribution < -0.4 is 0 Å². The Morgan fingerprint density at radius 3 is 1.91 bits per heavy atom. The van der Waals surface area contributed by atoms with Gasteiger partial charge in [-0.15, -0.1) is 11.3 Å². The van der Waals surface area contributed by atoms with Gasteiger partial charge in [0.2, 0.25) is 0 Å². The van der Waals surface area contributed by atoms with Gasteiger partial charge in [-0.3, -0.25) is 4.99 Å². The van der Waals surface area contributed by atoms with Crippen LogP contribution in [-0.4, -0.2) is 16.1 Å². The average molecular weight is 890 g/mol. The Morgan fingerprint density at radius 1 is 0.471 bits per heavy atom. The van der Waals surface area contributed by atoms with Gasteiger partial charge in [0.1, 0.15) is 22.3 Å². The molecule has 0 amide bonds. The Bertz CT molecular complexity index is 4520. The monoisotopic (exact) mass is 889 g/mol. The van der Waals surface area contributed by atoms with Gasteiger partial charge in [0, 0.05) is 81.0 Å². The Morgan fingerprint density at radius 2 is 1.10 bits per heavy atom. The third-order valence-electron chi connectivity index (χ3n) is 14.6. The molecule has 15 rings (SSSR count). The van der Waals surface area contributed by atoms with E-state index in [0.717, 1.165) is 83.9 Å². The van der Waals surface area contributed by atoms with Gasteiger partial charge in [-0.25, -0.2) is 4.99 Å². The average Bonchev–Trinajstić information content (AvgIpc) is 4.15. The summed E-state index contributed by atoms with van der Waals surface area (Å²) in [6.07, 6.45) is 0.818. The fraction of sp³-hybridized carbons (Fsp3) is 0.0645. The first-order valence-corrected chi connectivity index (χ1v) is 24.3. The summed E-state index contributed by atoms with van der Waals surface area (Å²) in [6, 6.07) is 69.9. The lowest BCUT2D eigenvalue weighted by Gasteiger charge is -2.31. The predicted molar refractivity (Wildman–Crippen MR) is 286 cm³/mol. The van der Waals surface area contributed by atoms with Crippen LogP contribution in [0.15, 0.2) is 213 Å². The van der Waals surface area contributed by atoms with Crippen molar-refractivity contribution < 1.29 is 8.83 Å². The lowest BCUT2D eigenvalue weighted by atomic mass is 9.82. The maximum absolute atomic E-state index is 6.81. The number of benzene rings is 10. The maximum atomic E-state index is 6.81. The Balaban J connectivity index is 1.06. The Labute approximate surface area is 393 Å². The van der Waals surface area contributed by atoms with Crippen LogP contribution in [0.5, 0.6) is 0 Å². The first-order chi connectivity index (χ1) is 33.6. The van der Waals surface area contributed by atoms with E-state index in [2.05, 4.69) is 193 Å². The van der Waals surface area contributed by atoms with E-state index < -0.39 is 0 Å². The van der Waals surface area contributed by atoms with Crippen LogP contribution in [0.1, 0.15) is 36.1 Å². The number of hydrogen-bond acceptors (Lipinski definition) is 5. The molecule has 320 valence electrons. The molecule has 1 aliphatic rings. The number of aliphatic imine (C=N–C) groups is 2. The van der Waals surface area contributed by atoms with Crippen LogP contribution >= 0.6 is 11.3 Å². The van der Waals surface area contributed by atoms with E-state index in [0.29, 0.717) is 5.84 Å². The third-order valence-corrected chi connectivity index (χ3v) is 15.7. The molecule has 0 N–H and O–H groups in total. The Kier molecular flexibility index (Phi) is 7.98. The van der Waals surface area contributed by atoms with Gasteiger partial charge in [0.05, 0.1) is 28.5 Å². The first-order valence-electron chi connectivity index (χ1n) is 23.4. The largest absolute Gasteiger partial charge is 0.456 e. The molecule has 0 radical (unpaired) electrons. The number of nitrogens with zero attached hydrogens (tertiary/aromatic N) is 3. The standard InChI is InChI=1S/C62H39N3O2S/c1-2-40-59(38-25-28-58-49(30-38)44-19-9-12-22-57(44)68-58)63-62(39-24-27-55-47(31-39)42-17-7-10-20-53(42)66-55)64-60(40)50-33-48-43-18-8-11-21-54(43)67-56(48)34-52(50)65-51-32-37-15-4-3-14-36(37)29-46(51)45-26-23-35-13-5-6-16-41(35)61(45)65/h3-34,40,60H,2H2,1H3. The topological polar surface area (TPSA) is 55.9 Å². The third kappa shape index (κ3) is 5.49. The quantitative estimate of drug-likeness (QED) is 0.173. The summed E-state index contributed by atoms with van der Waals surface area (Å²) in [5.74, 6) is 0.638. The highest BCUT2D eigenvalue weighted by Gasteiger charge is 2.35. The van der Waals surface area contributed by atoms with Gasteiger partial charge in [-0.05, 0) is 94.9 Å². The van der Waals surface area contributed by atoms with Crippen molar-refractivity contribution in [1.29, 1.82) is 0 Å². The van der Waals surface area contributed by atoms with Crippen LogP contribution in [0.4, 0.5) is 0 Å². The first kappa shape index (κ1) is 37.9. The van der Waals surface area contributed by atoms with E-state index in [1.165, 1.54) is 58.0 Å². The summed E-state index contributed by atoms with van der Waals surface area (Å²) in [7, 11) is 0. The minimum Gasteiger partial charge on any atom is -0.456 e. The van der Waals surface area contributed by atoms with Crippen LogP contribution in [0.2, 0.25) is 0 Å². The molecule has 14 aromatic rings. The lowest BCUT2D eigenvalue weighted by Crippen LogP contribution is -2.28. The number of hydrogen-bond donors (Lipinski definition) is 0. The lowest BCUT2D eigenvalue weighted by molar-refractivity contribution is 0.531. The number of fused-ring (bicyclic) bond motifs is 15. The zero-order chi connectivity index (χ0) is 44.6. The molecule has 6 heteroatoms. The van der Waals surface area contributed by atoms with Crippen molar-refractivity contribution in [3.63, 3.8) is 0 Å². The highest BCUT2D eigenvalue weighted by atomic mass is 32.1. The van der Waals surface area contributed by atoms with E-state index in [-0.39, 0.29) is 12.0 Å². The van der Waals surface area contributed by atoms with E-state index in [1.54, 1.807) is 0 Å². The van der Waals surface area contributed by atoms with E-state index in [1.807, 2.05) is 23.5 Å². The van der Waals surface area contributed by atoms with Crippen molar-refractivity contribution in [1.82, 2.24) is 4.57 Å². The van der Waals surface area contributed by atoms with Gasteiger partial charge in [-0.2, -0.15) is 0 Å². The summed E-state index contributed by atoms with van der Waals surface area (Å²) < 4.78 is 18.2. The number of amidine groups is 1. The Hall–Kier alpha value is -8.32. The van der Waals surface area contributed by atoms with E-state index in [4.69, 9.17) is 18.8 Å². The molecule has 0 aliphatic carbocycles. The molecule has 2 unspecified atom stereocenters. The molecule has 0 bridgehead atoms. The minimum absolute atomic E-state index is 0.0698. The molecular weight excluding hydrogens is 851 g/mol. The highest BCUT2D eigenvalue weighted by Crippen LogP contribution is 2.47. The van der Waals surface area contributed by atoms with Crippen molar-refractivity contribution in [3.05, 3.63) is 211 Å². The molecule has 0 saturated heterocycles. The van der Waals surface area contributed by atoms with Crippen LogP contribution in [0, 0.1) is 5.92 Å². The summed E-state index contributed by atoms with van der Waals surface area (Å²) in [4.78, 5) is 11.6. The second-order valence-corrected chi connectivity index (χ2v) is 19.4. The van der Waals surface area contributed by atoms with Crippen molar-refractivity contribution in [3.8, 4) is 5.69 Å². The molecule has 0 spiro atoms. The molecule has 68 heavy (non-hydrogen) atoms. The summed E-state index contributed by atoms with van der Waals surface area (Å²) in [6.45, 7) is 2.29. The number of thiophene rings is 1. The molecule has 1 aliphatic heterocycles. The minimum atomic E-state index is -0.329. The smallest absolute Gasteiger partial charge is 0.155 e. The molecule has 0 fully saturated rings. The van der Waals surface area contributed by atoms with Gasteiger partial charge < -0.3 is 13.4 Å². The molecular formula is C62H39N3O2S. The van der Waals surface area contributed by atoms with Gasteiger partial charge >= 0.3 is 0 Å². The summed E-state index contributed by atoms with van der Waals surface area (Å²) in [5, 5.41) is 14.0. The molecule has 2 atom stereocenters. The molecule has 0 saturated carbocycles. The van der Waals surface area contributed by atoms with E-state index in [9.17, 15) is 0 Å². The molecule has 4 aromatic heterocycles. The second-order valence-electron chi connectivity index (χ2n) is 18.3. The number of aromatic nitrogens is 1. The van der Waals surface area contributed by atoms with Crippen molar-refractivity contribution in [2.24, 2.45) is 15.9 Å². The van der Waals surface area contributed by atoms with Crippen molar-refractivity contribution >= 4 is 130 Å². The summed E-state index contributed by atoms with van der Waals surface area (Å²) >= 11 is 1.84. The number of furan rings is 2. The van der Waals surface area contributed by atoms with Crippen molar-refractivity contribution in [2.45, 2.75) is 19.4 Å². The molecule has 5 heterocycles. The fourth-order valence-corrected chi connectivity index (χ4v) is 12.5. The van der Waals surface area contributed by atoms with Crippen LogP contribution in [0.3, 0.4) is 0 Å². The van der Waals surface area contributed by atoms with Gasteiger partial charge in [-0.1, -0.05) is 128 Å².